The van der Waals surface area contributed by atoms with Crippen molar-refractivity contribution in [3.63, 3.8) is 0 Å². The Labute approximate surface area is 71.6 Å². The van der Waals surface area contributed by atoms with Crippen molar-refractivity contribution >= 4 is 11.6 Å². The van der Waals surface area contributed by atoms with E-state index in [2.05, 4.69) is 23.8 Å². The van der Waals surface area contributed by atoms with Gasteiger partial charge in [0, 0.05) is 11.8 Å². The maximum absolute atomic E-state index is 5.87. The van der Waals surface area contributed by atoms with E-state index >= 15 is 0 Å². The molecule has 0 aliphatic carbocycles. The summed E-state index contributed by atoms with van der Waals surface area (Å²) in [6.45, 7) is 5.97. The van der Waals surface area contributed by atoms with Crippen molar-refractivity contribution < 1.29 is 0 Å². The lowest BCUT2D eigenvalue weighted by Gasteiger charge is -2.05. The van der Waals surface area contributed by atoms with Gasteiger partial charge >= 0.3 is 0 Å². The van der Waals surface area contributed by atoms with Crippen LogP contribution < -0.4 is 0 Å². The van der Waals surface area contributed by atoms with Gasteiger partial charge in [0.05, 0.1) is 0 Å². The zero-order valence-corrected chi connectivity index (χ0v) is 7.68. The maximum Gasteiger partial charge on any atom is 0.136 e. The summed E-state index contributed by atoms with van der Waals surface area (Å²) >= 11 is 5.87. The fourth-order valence-corrected chi connectivity index (χ4v) is 1.23. The van der Waals surface area contributed by atoms with Gasteiger partial charge in [-0.25, -0.2) is 9.97 Å². The number of aryl methyl sites for hydroxylation is 1. The molecule has 0 saturated heterocycles. The molecule has 0 aliphatic heterocycles. The van der Waals surface area contributed by atoms with Crippen LogP contribution in [0.2, 0.25) is 5.15 Å². The minimum Gasteiger partial charge on any atom is -0.241 e. The predicted octanol–water partition coefficient (Wildman–Crippen LogP) is 2.56. The van der Waals surface area contributed by atoms with Crippen LogP contribution in [0.1, 0.15) is 31.2 Å². The van der Waals surface area contributed by atoms with E-state index in [0.29, 0.717) is 11.1 Å². The average molecular weight is 171 g/mol. The third-order valence-electron chi connectivity index (χ3n) is 1.51. The van der Waals surface area contributed by atoms with E-state index in [1.54, 1.807) is 6.20 Å². The van der Waals surface area contributed by atoms with Gasteiger partial charge in [-0.05, 0) is 12.8 Å². The van der Waals surface area contributed by atoms with Crippen molar-refractivity contribution in [2.75, 3.05) is 0 Å². The van der Waals surface area contributed by atoms with Gasteiger partial charge in [0.25, 0.3) is 0 Å². The molecule has 60 valence electrons. The standard InChI is InChI=1S/C8H11ClN2/c1-5(2)7-4-10-6(3)11-8(7)9/h4-5H,1-3H3. The molecule has 3 heteroatoms. The van der Waals surface area contributed by atoms with Crippen LogP contribution in [0, 0.1) is 6.92 Å². The lowest BCUT2D eigenvalue weighted by molar-refractivity contribution is 0.838. The number of halogens is 1. The monoisotopic (exact) mass is 170 g/mol. The molecule has 0 saturated carbocycles. The predicted molar refractivity (Wildman–Crippen MR) is 45.9 cm³/mol. The van der Waals surface area contributed by atoms with Crippen molar-refractivity contribution in [1.29, 1.82) is 0 Å². The van der Waals surface area contributed by atoms with Crippen LogP contribution in [0.15, 0.2) is 6.20 Å². The molecule has 1 aromatic rings. The van der Waals surface area contributed by atoms with Crippen LogP contribution >= 0.6 is 11.6 Å². The van der Waals surface area contributed by atoms with Gasteiger partial charge < -0.3 is 0 Å². The molecule has 0 unspecified atom stereocenters. The summed E-state index contributed by atoms with van der Waals surface area (Å²) in [6, 6.07) is 0. The molecular weight excluding hydrogens is 160 g/mol. The number of rotatable bonds is 1. The molecule has 0 spiro atoms. The Hall–Kier alpha value is -0.630. The summed E-state index contributed by atoms with van der Waals surface area (Å²) in [4.78, 5) is 8.11. The second-order valence-corrected chi connectivity index (χ2v) is 3.18. The van der Waals surface area contributed by atoms with E-state index in [1.807, 2.05) is 6.92 Å². The first-order valence-corrected chi connectivity index (χ1v) is 3.98. The minimum absolute atomic E-state index is 0.392. The van der Waals surface area contributed by atoms with Crippen LogP contribution in [-0.2, 0) is 0 Å². The Balaban J connectivity index is 3.09. The number of nitrogens with zero attached hydrogens (tertiary/aromatic N) is 2. The molecule has 0 fully saturated rings. The highest BCUT2D eigenvalue weighted by molar-refractivity contribution is 6.30. The van der Waals surface area contributed by atoms with Crippen molar-refractivity contribution in [3.05, 3.63) is 22.7 Å². The van der Waals surface area contributed by atoms with Crippen LogP contribution in [0.25, 0.3) is 0 Å². The number of hydrogen-bond acceptors (Lipinski definition) is 2. The van der Waals surface area contributed by atoms with Crippen molar-refractivity contribution in [3.8, 4) is 0 Å². The highest BCUT2D eigenvalue weighted by Crippen LogP contribution is 2.20. The first-order valence-electron chi connectivity index (χ1n) is 3.60. The largest absolute Gasteiger partial charge is 0.241 e. The second kappa shape index (κ2) is 3.18. The number of aromatic nitrogens is 2. The fraction of sp³-hybridized carbons (Fsp3) is 0.500. The van der Waals surface area contributed by atoms with Crippen LogP contribution in [0.4, 0.5) is 0 Å². The molecule has 0 amide bonds. The van der Waals surface area contributed by atoms with Crippen molar-refractivity contribution in [2.24, 2.45) is 0 Å². The third kappa shape index (κ3) is 1.90. The Morgan fingerprint density at radius 2 is 2.09 bits per heavy atom. The van der Waals surface area contributed by atoms with Gasteiger partial charge in [-0.3, -0.25) is 0 Å². The SMILES string of the molecule is Cc1ncc(C(C)C)c(Cl)n1. The van der Waals surface area contributed by atoms with E-state index in [-0.39, 0.29) is 0 Å². The fourth-order valence-electron chi connectivity index (χ4n) is 0.839. The first kappa shape index (κ1) is 8.47. The van der Waals surface area contributed by atoms with Gasteiger partial charge in [0.2, 0.25) is 0 Å². The minimum atomic E-state index is 0.392. The topological polar surface area (TPSA) is 25.8 Å². The van der Waals surface area contributed by atoms with E-state index in [0.717, 1.165) is 11.4 Å². The summed E-state index contributed by atoms with van der Waals surface area (Å²) in [5, 5.41) is 0.576. The molecule has 0 N–H and O–H groups in total. The number of hydrogen-bond donors (Lipinski definition) is 0. The first-order chi connectivity index (χ1) is 5.11. The van der Waals surface area contributed by atoms with E-state index in [1.165, 1.54) is 0 Å². The molecule has 0 aromatic carbocycles. The quantitative estimate of drug-likeness (QED) is 0.606. The normalized spacial score (nSPS) is 10.6. The highest BCUT2D eigenvalue weighted by atomic mass is 35.5. The van der Waals surface area contributed by atoms with Crippen LogP contribution in [0.5, 0.6) is 0 Å². The van der Waals surface area contributed by atoms with E-state index in [9.17, 15) is 0 Å². The Morgan fingerprint density at radius 1 is 1.45 bits per heavy atom. The van der Waals surface area contributed by atoms with Crippen LogP contribution in [-0.4, -0.2) is 9.97 Å². The van der Waals surface area contributed by atoms with Gasteiger partial charge in [-0.15, -0.1) is 0 Å². The van der Waals surface area contributed by atoms with Gasteiger partial charge in [0.15, 0.2) is 0 Å². The smallest absolute Gasteiger partial charge is 0.136 e. The van der Waals surface area contributed by atoms with Crippen molar-refractivity contribution in [1.82, 2.24) is 9.97 Å². The molecule has 0 atom stereocenters. The molecule has 1 heterocycles. The van der Waals surface area contributed by atoms with Crippen LogP contribution in [0.3, 0.4) is 0 Å². The molecule has 2 nitrogen and oxygen atoms in total. The second-order valence-electron chi connectivity index (χ2n) is 2.82. The Bertz CT molecular complexity index is 258. The Morgan fingerprint density at radius 3 is 2.55 bits per heavy atom. The summed E-state index contributed by atoms with van der Waals surface area (Å²) in [6.07, 6.45) is 1.79. The third-order valence-corrected chi connectivity index (χ3v) is 1.81. The van der Waals surface area contributed by atoms with Gasteiger partial charge in [0.1, 0.15) is 11.0 Å². The lowest BCUT2D eigenvalue weighted by Crippen LogP contribution is -1.95. The zero-order valence-electron chi connectivity index (χ0n) is 6.93. The summed E-state index contributed by atoms with van der Waals surface area (Å²) in [5.74, 6) is 1.11. The summed E-state index contributed by atoms with van der Waals surface area (Å²) < 4.78 is 0. The van der Waals surface area contributed by atoms with E-state index < -0.39 is 0 Å². The highest BCUT2D eigenvalue weighted by Gasteiger charge is 2.05. The van der Waals surface area contributed by atoms with Gasteiger partial charge in [-0.1, -0.05) is 25.4 Å². The summed E-state index contributed by atoms with van der Waals surface area (Å²) in [5.41, 5.74) is 1.01. The molecule has 0 aliphatic rings. The molecule has 11 heavy (non-hydrogen) atoms. The Kier molecular flexibility index (Phi) is 2.45. The molecule has 1 aromatic heterocycles. The molecule has 1 rings (SSSR count). The van der Waals surface area contributed by atoms with Crippen molar-refractivity contribution in [2.45, 2.75) is 26.7 Å². The van der Waals surface area contributed by atoms with Gasteiger partial charge in [-0.2, -0.15) is 0 Å². The molecule has 0 radical (unpaired) electrons. The van der Waals surface area contributed by atoms with E-state index in [4.69, 9.17) is 11.6 Å². The molecular formula is C8H11ClN2. The lowest BCUT2D eigenvalue weighted by atomic mass is 10.1. The average Bonchev–Trinajstić information content (AvgIpc) is 1.85. The zero-order chi connectivity index (χ0) is 8.43. The molecule has 0 bridgehead atoms. The maximum atomic E-state index is 5.87. The summed E-state index contributed by atoms with van der Waals surface area (Å²) in [7, 11) is 0.